The molecule has 1 rings (SSSR count). The zero-order valence-corrected chi connectivity index (χ0v) is 19.0. The van der Waals surface area contributed by atoms with E-state index in [9.17, 15) is 0 Å². The monoisotopic (exact) mass is 445 g/mol. The molecule has 1 aliphatic heterocycles. The molecular weight excluding hydrogens is 405 g/mol. The molecule has 1 aliphatic rings. The predicted octanol–water partition coefficient (Wildman–Crippen LogP) is 7.42. The third-order valence-corrected chi connectivity index (χ3v) is 6.73. The van der Waals surface area contributed by atoms with E-state index in [-0.39, 0.29) is 5.41 Å². The summed E-state index contributed by atoms with van der Waals surface area (Å²) in [5.74, 6) is 0. The normalized spacial score (nSPS) is 22.5. The van der Waals surface area contributed by atoms with E-state index in [1.165, 1.54) is 67.9 Å². The fourth-order valence-corrected chi connectivity index (χ4v) is 5.19. The van der Waals surface area contributed by atoms with Crippen LogP contribution >= 0.6 is 22.6 Å². The minimum absolute atomic E-state index is 0.221. The van der Waals surface area contributed by atoms with Gasteiger partial charge >= 0.3 is 0 Å². The average Bonchev–Trinajstić information content (AvgIpc) is 2.70. The van der Waals surface area contributed by atoms with E-state index in [0.717, 1.165) is 6.54 Å². The highest BCUT2D eigenvalue weighted by atomic mass is 127. The molecule has 1 unspecified atom stereocenters. The fraction of sp³-hybridized carbons (Fsp3) is 0.818. The zero-order valence-electron chi connectivity index (χ0n) is 16.9. The number of nitrogens with one attached hydrogen (secondary N) is 1. The number of hydrogen-bond acceptors (Lipinski definition) is 1. The van der Waals surface area contributed by atoms with Crippen molar-refractivity contribution in [3.63, 3.8) is 0 Å². The number of unbranched alkanes of at least 4 members (excludes halogenated alkanes) is 3. The fourth-order valence-electron chi connectivity index (χ4n) is 4.05. The third kappa shape index (κ3) is 5.78. The van der Waals surface area contributed by atoms with E-state index in [2.05, 4.69) is 69.1 Å². The molecule has 0 radical (unpaired) electrons. The van der Waals surface area contributed by atoms with Gasteiger partial charge in [0.25, 0.3) is 0 Å². The molecule has 0 saturated heterocycles. The van der Waals surface area contributed by atoms with Crippen LogP contribution in [0, 0.1) is 10.8 Å². The predicted molar refractivity (Wildman–Crippen MR) is 118 cm³/mol. The third-order valence-electron chi connectivity index (χ3n) is 6.19. The molecule has 140 valence electrons. The first kappa shape index (κ1) is 22.1. The smallest absolute Gasteiger partial charge is 0.0304 e. The maximum atomic E-state index is 4.45. The summed E-state index contributed by atoms with van der Waals surface area (Å²) in [5.41, 5.74) is 5.09. The van der Waals surface area contributed by atoms with E-state index >= 15 is 0 Å². The second kappa shape index (κ2) is 10.2. The summed E-state index contributed by atoms with van der Waals surface area (Å²) >= 11 is 2.55. The average molecular weight is 445 g/mol. The number of allylic oxidation sites excluding steroid dienone is 2. The lowest BCUT2D eigenvalue weighted by Gasteiger charge is -2.33. The van der Waals surface area contributed by atoms with E-state index in [0.29, 0.717) is 5.41 Å². The van der Waals surface area contributed by atoms with Crippen molar-refractivity contribution < 1.29 is 0 Å². The van der Waals surface area contributed by atoms with Gasteiger partial charge in [-0.2, -0.15) is 0 Å². The van der Waals surface area contributed by atoms with Crippen LogP contribution in [0.1, 0.15) is 92.4 Å². The highest BCUT2D eigenvalue weighted by molar-refractivity contribution is 14.1. The summed E-state index contributed by atoms with van der Waals surface area (Å²) in [7, 11) is 0. The van der Waals surface area contributed by atoms with Crippen molar-refractivity contribution in [1.29, 1.82) is 0 Å². The molecule has 1 N–H and O–H groups in total. The molecule has 0 bridgehead atoms. The van der Waals surface area contributed by atoms with Crippen LogP contribution < -0.4 is 5.32 Å². The molecule has 0 aliphatic carbocycles. The second-order valence-electron chi connectivity index (χ2n) is 8.33. The lowest BCUT2D eigenvalue weighted by atomic mass is 9.72. The molecule has 1 heterocycles. The van der Waals surface area contributed by atoms with E-state index in [1.54, 1.807) is 11.1 Å². The molecule has 0 aromatic rings. The van der Waals surface area contributed by atoms with Crippen molar-refractivity contribution >= 4 is 22.6 Å². The molecule has 0 spiro atoms. The number of hydrogen-bond donors (Lipinski definition) is 1. The molecule has 0 aromatic heterocycles. The molecule has 24 heavy (non-hydrogen) atoms. The lowest BCUT2D eigenvalue weighted by Crippen LogP contribution is -2.32. The van der Waals surface area contributed by atoms with Crippen molar-refractivity contribution in [2.24, 2.45) is 10.8 Å². The molecular formula is C22H40IN. The van der Waals surface area contributed by atoms with Gasteiger partial charge in [0.2, 0.25) is 0 Å². The maximum absolute atomic E-state index is 4.45. The number of alkyl halides is 1. The summed E-state index contributed by atoms with van der Waals surface area (Å²) in [6.45, 7) is 17.3. The van der Waals surface area contributed by atoms with Crippen molar-refractivity contribution in [3.8, 4) is 0 Å². The van der Waals surface area contributed by atoms with E-state index in [4.69, 9.17) is 0 Å². The minimum Gasteiger partial charge on any atom is -0.385 e. The molecule has 2 heteroatoms. The van der Waals surface area contributed by atoms with Gasteiger partial charge < -0.3 is 5.32 Å². The highest BCUT2D eigenvalue weighted by Crippen LogP contribution is 2.45. The summed E-state index contributed by atoms with van der Waals surface area (Å²) < 4.78 is 1.25. The Morgan fingerprint density at radius 2 is 1.88 bits per heavy atom. The molecule has 1 atom stereocenters. The second-order valence-corrected chi connectivity index (χ2v) is 9.41. The summed E-state index contributed by atoms with van der Waals surface area (Å²) in [6.07, 6.45) is 11.7. The first-order chi connectivity index (χ1) is 11.4. The van der Waals surface area contributed by atoms with Gasteiger partial charge in [-0.05, 0) is 54.9 Å². The summed E-state index contributed by atoms with van der Waals surface area (Å²) in [6, 6.07) is 0. The van der Waals surface area contributed by atoms with Crippen molar-refractivity contribution in [1.82, 2.24) is 5.32 Å². The lowest BCUT2D eigenvalue weighted by molar-refractivity contribution is 0.260. The zero-order chi connectivity index (χ0) is 18.2. The Hall–Kier alpha value is 0.01000. The van der Waals surface area contributed by atoms with Gasteiger partial charge in [-0.3, -0.25) is 0 Å². The van der Waals surface area contributed by atoms with Gasteiger partial charge in [0.15, 0.2) is 0 Å². The largest absolute Gasteiger partial charge is 0.385 e. The molecule has 0 fully saturated rings. The quantitative estimate of drug-likeness (QED) is 0.210. The van der Waals surface area contributed by atoms with Crippen LogP contribution in [-0.2, 0) is 0 Å². The van der Waals surface area contributed by atoms with Crippen LogP contribution in [0.2, 0.25) is 0 Å². The molecule has 1 nitrogen and oxygen atoms in total. The Morgan fingerprint density at radius 3 is 2.42 bits per heavy atom. The van der Waals surface area contributed by atoms with Crippen LogP contribution in [0.5, 0.6) is 0 Å². The first-order valence-electron chi connectivity index (χ1n) is 10.1. The van der Waals surface area contributed by atoms with Gasteiger partial charge in [-0.15, -0.1) is 0 Å². The standard InChI is InChI=1S/C22H40IN/c1-7-10-11-12-13-19-16-22(9-3,14-15-23)17-24-18(4)20(19)21(5,6)8-2/h24H,4,7-17H2,1-3,5-6H3. The maximum Gasteiger partial charge on any atom is 0.0304 e. The van der Waals surface area contributed by atoms with E-state index in [1.807, 2.05) is 0 Å². The Morgan fingerprint density at radius 1 is 1.17 bits per heavy atom. The minimum atomic E-state index is 0.221. The van der Waals surface area contributed by atoms with Crippen LogP contribution in [0.25, 0.3) is 0 Å². The number of rotatable bonds is 10. The van der Waals surface area contributed by atoms with Gasteiger partial charge in [0.1, 0.15) is 0 Å². The van der Waals surface area contributed by atoms with Crippen LogP contribution in [0.3, 0.4) is 0 Å². The topological polar surface area (TPSA) is 12.0 Å². The Balaban J connectivity index is 3.19. The first-order valence-corrected chi connectivity index (χ1v) is 11.6. The Bertz CT molecular complexity index is 435. The van der Waals surface area contributed by atoms with Crippen LogP contribution in [0.4, 0.5) is 0 Å². The molecule has 0 saturated carbocycles. The van der Waals surface area contributed by atoms with Crippen molar-refractivity contribution in [2.45, 2.75) is 92.4 Å². The Labute approximate surface area is 165 Å². The highest BCUT2D eigenvalue weighted by Gasteiger charge is 2.36. The molecule has 0 aromatic carbocycles. The Kier molecular flexibility index (Phi) is 9.40. The van der Waals surface area contributed by atoms with Gasteiger partial charge in [0, 0.05) is 16.7 Å². The number of halogens is 1. The SMILES string of the molecule is C=C1NCC(CC)(CCI)CC(CCCCCC)=C1C(C)(C)CC. The summed E-state index contributed by atoms with van der Waals surface area (Å²) in [5, 5.41) is 3.74. The van der Waals surface area contributed by atoms with E-state index < -0.39 is 0 Å². The van der Waals surface area contributed by atoms with Gasteiger partial charge in [0.05, 0.1) is 0 Å². The molecule has 0 amide bonds. The van der Waals surface area contributed by atoms with Crippen LogP contribution in [0.15, 0.2) is 23.4 Å². The van der Waals surface area contributed by atoms with Gasteiger partial charge in [-0.1, -0.05) is 88.6 Å². The summed E-state index contributed by atoms with van der Waals surface area (Å²) in [4.78, 5) is 0. The van der Waals surface area contributed by atoms with Crippen molar-refractivity contribution in [2.75, 3.05) is 11.0 Å². The van der Waals surface area contributed by atoms with Gasteiger partial charge in [-0.25, -0.2) is 0 Å². The van der Waals surface area contributed by atoms with Crippen molar-refractivity contribution in [3.05, 3.63) is 23.4 Å². The van der Waals surface area contributed by atoms with Crippen LogP contribution in [-0.4, -0.2) is 11.0 Å².